The Morgan fingerprint density at radius 2 is 1.96 bits per heavy atom. The molecular weight excluding hydrogens is 356 g/mol. The van der Waals surface area contributed by atoms with Crippen molar-refractivity contribution >= 4 is 17.5 Å². The van der Waals surface area contributed by atoms with Crippen LogP contribution in [0.3, 0.4) is 0 Å². The summed E-state index contributed by atoms with van der Waals surface area (Å²) in [6.45, 7) is 4.55. The number of rotatable bonds is 4. The topological polar surface area (TPSA) is 64.8 Å². The molecule has 0 atom stereocenters. The van der Waals surface area contributed by atoms with Gasteiger partial charge in [0.2, 0.25) is 5.76 Å². The van der Waals surface area contributed by atoms with E-state index in [1.807, 2.05) is 24.3 Å². The predicted molar refractivity (Wildman–Crippen MR) is 95.7 cm³/mol. The minimum Gasteiger partial charge on any atom is -0.490 e. The molecular formula is C19H21ClN2O4. The van der Waals surface area contributed by atoms with Crippen molar-refractivity contribution in [3.8, 4) is 5.75 Å². The number of benzene rings is 1. The molecule has 7 heteroatoms. The molecule has 0 bridgehead atoms. The number of likely N-dealkylation sites (tertiary alicyclic amines) is 1. The number of carbonyl (C=O) groups excluding carboxylic acids is 1. The molecule has 2 aliphatic heterocycles. The average Bonchev–Trinajstić information content (AvgIpc) is 3.12. The van der Waals surface area contributed by atoms with Gasteiger partial charge in [0.15, 0.2) is 0 Å². The Bertz CT molecular complexity index is 777. The van der Waals surface area contributed by atoms with Crippen LogP contribution in [0.2, 0.25) is 5.02 Å². The molecule has 2 saturated heterocycles. The first-order valence-corrected chi connectivity index (χ1v) is 9.18. The largest absolute Gasteiger partial charge is 0.490 e. The first kappa shape index (κ1) is 17.4. The van der Waals surface area contributed by atoms with Crippen molar-refractivity contribution in [2.24, 2.45) is 0 Å². The third-order valence-corrected chi connectivity index (χ3v) is 5.28. The SMILES string of the molecule is CC1(c2cc(C(=O)N3CCC(Oc4ccc(Cl)cc4)CC3)on2)COC1. The number of hydrogen-bond donors (Lipinski definition) is 0. The van der Waals surface area contributed by atoms with Crippen LogP contribution in [-0.2, 0) is 10.2 Å². The summed E-state index contributed by atoms with van der Waals surface area (Å²) in [6, 6.07) is 9.10. The van der Waals surface area contributed by atoms with Crippen LogP contribution in [0, 0.1) is 0 Å². The van der Waals surface area contributed by atoms with Gasteiger partial charge < -0.3 is 18.9 Å². The zero-order chi connectivity index (χ0) is 18.1. The van der Waals surface area contributed by atoms with Crippen molar-refractivity contribution in [3.63, 3.8) is 0 Å². The van der Waals surface area contributed by atoms with Crippen molar-refractivity contribution in [2.45, 2.75) is 31.3 Å². The Morgan fingerprint density at radius 3 is 2.58 bits per heavy atom. The molecule has 0 unspecified atom stereocenters. The van der Waals surface area contributed by atoms with E-state index in [9.17, 15) is 4.79 Å². The quantitative estimate of drug-likeness (QED) is 0.819. The van der Waals surface area contributed by atoms with E-state index in [2.05, 4.69) is 12.1 Å². The highest BCUT2D eigenvalue weighted by Crippen LogP contribution is 2.31. The molecule has 0 N–H and O–H groups in total. The van der Waals surface area contributed by atoms with E-state index in [4.69, 9.17) is 25.6 Å². The summed E-state index contributed by atoms with van der Waals surface area (Å²) in [5.41, 5.74) is 0.648. The van der Waals surface area contributed by atoms with Gasteiger partial charge in [0.1, 0.15) is 11.9 Å². The highest BCUT2D eigenvalue weighted by Gasteiger charge is 2.39. The van der Waals surface area contributed by atoms with Crippen LogP contribution in [0.5, 0.6) is 5.75 Å². The lowest BCUT2D eigenvalue weighted by atomic mass is 9.85. The summed E-state index contributed by atoms with van der Waals surface area (Å²) in [7, 11) is 0. The lowest BCUT2D eigenvalue weighted by molar-refractivity contribution is -0.0532. The maximum Gasteiger partial charge on any atom is 0.292 e. The first-order chi connectivity index (χ1) is 12.5. The number of aromatic nitrogens is 1. The Morgan fingerprint density at radius 1 is 1.27 bits per heavy atom. The van der Waals surface area contributed by atoms with Gasteiger partial charge in [-0.05, 0) is 31.2 Å². The number of halogens is 1. The van der Waals surface area contributed by atoms with Gasteiger partial charge in [0.25, 0.3) is 5.91 Å². The fourth-order valence-electron chi connectivity index (χ4n) is 3.25. The molecule has 138 valence electrons. The summed E-state index contributed by atoms with van der Waals surface area (Å²) < 4.78 is 16.5. The minimum absolute atomic E-state index is 0.0940. The highest BCUT2D eigenvalue weighted by atomic mass is 35.5. The Kier molecular flexibility index (Phi) is 4.63. The van der Waals surface area contributed by atoms with E-state index >= 15 is 0 Å². The molecule has 3 heterocycles. The molecule has 0 spiro atoms. The van der Waals surface area contributed by atoms with Crippen molar-refractivity contribution in [1.82, 2.24) is 10.1 Å². The second-order valence-corrected chi connectivity index (χ2v) is 7.63. The van der Waals surface area contributed by atoms with E-state index in [1.54, 1.807) is 11.0 Å². The maximum absolute atomic E-state index is 12.7. The lowest BCUT2D eigenvalue weighted by Gasteiger charge is -2.35. The normalized spacial score (nSPS) is 19.8. The standard InChI is InChI=1S/C19H21ClN2O4/c1-19(11-24-12-19)17-10-16(26-21-17)18(23)22-8-6-15(7-9-22)25-14-4-2-13(20)3-5-14/h2-5,10,15H,6-9,11-12H2,1H3. The first-order valence-electron chi connectivity index (χ1n) is 8.80. The van der Waals surface area contributed by atoms with Crippen molar-refractivity contribution in [2.75, 3.05) is 26.3 Å². The molecule has 0 saturated carbocycles. The minimum atomic E-state index is -0.137. The third kappa shape index (κ3) is 3.44. The van der Waals surface area contributed by atoms with Crippen LogP contribution >= 0.6 is 11.6 Å². The predicted octanol–water partition coefficient (Wildman–Crippen LogP) is 3.30. The van der Waals surface area contributed by atoms with E-state index < -0.39 is 0 Å². The number of ether oxygens (including phenoxy) is 2. The molecule has 4 rings (SSSR count). The van der Waals surface area contributed by atoms with Crippen LogP contribution in [0.25, 0.3) is 0 Å². The molecule has 1 aromatic carbocycles. The number of carbonyl (C=O) groups is 1. The van der Waals surface area contributed by atoms with Gasteiger partial charge in [-0.2, -0.15) is 0 Å². The third-order valence-electron chi connectivity index (χ3n) is 5.03. The van der Waals surface area contributed by atoms with Crippen LogP contribution in [0.15, 0.2) is 34.9 Å². The molecule has 0 radical (unpaired) electrons. The van der Waals surface area contributed by atoms with Crippen LogP contribution < -0.4 is 4.74 Å². The van der Waals surface area contributed by atoms with Crippen LogP contribution in [-0.4, -0.2) is 48.4 Å². The molecule has 2 aliphatic rings. The van der Waals surface area contributed by atoms with Gasteiger partial charge in [0, 0.05) is 37.0 Å². The maximum atomic E-state index is 12.7. The van der Waals surface area contributed by atoms with Crippen LogP contribution in [0.1, 0.15) is 36.0 Å². The Hall–Kier alpha value is -2.05. The molecule has 2 fully saturated rings. The summed E-state index contributed by atoms with van der Waals surface area (Å²) in [6.07, 6.45) is 1.65. The second-order valence-electron chi connectivity index (χ2n) is 7.19. The van der Waals surface area contributed by atoms with Crippen LogP contribution in [0.4, 0.5) is 0 Å². The zero-order valence-electron chi connectivity index (χ0n) is 14.6. The number of hydrogen-bond acceptors (Lipinski definition) is 5. The molecule has 1 aromatic heterocycles. The number of amides is 1. The van der Waals surface area contributed by atoms with Crippen molar-refractivity contribution in [1.29, 1.82) is 0 Å². The molecule has 26 heavy (non-hydrogen) atoms. The van der Waals surface area contributed by atoms with Crippen molar-refractivity contribution < 1.29 is 18.8 Å². The second kappa shape index (κ2) is 6.93. The Balaban J connectivity index is 1.32. The zero-order valence-corrected chi connectivity index (χ0v) is 15.4. The highest BCUT2D eigenvalue weighted by molar-refractivity contribution is 6.30. The van der Waals surface area contributed by atoms with E-state index in [1.165, 1.54) is 0 Å². The summed E-state index contributed by atoms with van der Waals surface area (Å²) >= 11 is 5.89. The lowest BCUT2D eigenvalue weighted by Crippen LogP contribution is -2.44. The van der Waals surface area contributed by atoms with Gasteiger partial charge in [-0.15, -0.1) is 0 Å². The van der Waals surface area contributed by atoms with Gasteiger partial charge in [-0.1, -0.05) is 16.8 Å². The molecule has 1 amide bonds. The summed E-state index contributed by atoms with van der Waals surface area (Å²) in [4.78, 5) is 14.5. The summed E-state index contributed by atoms with van der Waals surface area (Å²) in [5, 5.41) is 4.75. The smallest absolute Gasteiger partial charge is 0.292 e. The molecule has 2 aromatic rings. The molecule has 6 nitrogen and oxygen atoms in total. The fourth-order valence-corrected chi connectivity index (χ4v) is 3.38. The van der Waals surface area contributed by atoms with E-state index in [0.717, 1.165) is 24.3 Å². The average molecular weight is 377 g/mol. The van der Waals surface area contributed by atoms with E-state index in [0.29, 0.717) is 37.1 Å². The number of nitrogens with zero attached hydrogens (tertiary/aromatic N) is 2. The van der Waals surface area contributed by atoms with E-state index in [-0.39, 0.29) is 17.4 Å². The summed E-state index contributed by atoms with van der Waals surface area (Å²) in [5.74, 6) is 0.984. The monoisotopic (exact) mass is 376 g/mol. The van der Waals surface area contributed by atoms with Gasteiger partial charge in [-0.3, -0.25) is 4.79 Å². The Labute approximate surface area is 157 Å². The molecule has 0 aliphatic carbocycles. The fraction of sp³-hybridized carbons (Fsp3) is 0.474. The van der Waals surface area contributed by atoms with Crippen molar-refractivity contribution in [3.05, 3.63) is 46.8 Å². The van der Waals surface area contributed by atoms with Gasteiger partial charge in [-0.25, -0.2) is 0 Å². The van der Waals surface area contributed by atoms with Gasteiger partial charge >= 0.3 is 0 Å². The van der Waals surface area contributed by atoms with Gasteiger partial charge in [0.05, 0.1) is 24.3 Å². The number of piperidine rings is 1.